The lowest BCUT2D eigenvalue weighted by Crippen LogP contribution is -2.33. The van der Waals surface area contributed by atoms with Crippen molar-refractivity contribution < 1.29 is 23.4 Å². The summed E-state index contributed by atoms with van der Waals surface area (Å²) in [6, 6.07) is 13.0. The molecule has 0 spiro atoms. The van der Waals surface area contributed by atoms with E-state index in [4.69, 9.17) is 24.4 Å². The summed E-state index contributed by atoms with van der Waals surface area (Å²) in [5, 5.41) is 10.8. The molecule has 0 radical (unpaired) electrons. The zero-order valence-electron chi connectivity index (χ0n) is 24.4. The molecular formula is C33H34N2O6. The molecule has 0 saturated heterocycles. The van der Waals surface area contributed by atoms with Gasteiger partial charge in [-0.25, -0.2) is 4.79 Å². The average Bonchev–Trinajstić information content (AvgIpc) is 2.89. The summed E-state index contributed by atoms with van der Waals surface area (Å²) in [5.74, 6) is 0.767. The Morgan fingerprint density at radius 2 is 1.73 bits per heavy atom. The van der Waals surface area contributed by atoms with Gasteiger partial charge in [-0.2, -0.15) is 5.26 Å². The molecule has 1 atom stereocenters. The Labute approximate surface area is 239 Å². The molecule has 1 aliphatic heterocycles. The fourth-order valence-electron chi connectivity index (χ4n) is 5.80. The maximum atomic E-state index is 13.5. The molecular weight excluding hydrogens is 520 g/mol. The van der Waals surface area contributed by atoms with Crippen LogP contribution in [0.2, 0.25) is 0 Å². The number of Topliss-reactive ketones (excluding diaryl/α,β-unsaturated/α-hetero) is 1. The van der Waals surface area contributed by atoms with E-state index in [1.165, 1.54) is 7.11 Å². The minimum absolute atomic E-state index is 0.00441. The van der Waals surface area contributed by atoms with E-state index in [-0.39, 0.29) is 22.7 Å². The van der Waals surface area contributed by atoms with Crippen molar-refractivity contribution in [1.29, 1.82) is 5.26 Å². The number of hydrogen-bond acceptors (Lipinski definition) is 8. The molecule has 2 aliphatic rings. The molecule has 1 aromatic heterocycles. The third-order valence-electron chi connectivity index (χ3n) is 7.77. The molecule has 0 bridgehead atoms. The number of benzene rings is 2. The predicted molar refractivity (Wildman–Crippen MR) is 155 cm³/mol. The molecule has 1 aliphatic carbocycles. The van der Waals surface area contributed by atoms with E-state index in [0.29, 0.717) is 63.3 Å². The van der Waals surface area contributed by atoms with Crippen LogP contribution in [0.4, 0.5) is 0 Å². The first kappa shape index (κ1) is 28.0. The monoisotopic (exact) mass is 554 g/mol. The summed E-state index contributed by atoms with van der Waals surface area (Å²) in [6.45, 7) is 10.1. The Kier molecular flexibility index (Phi) is 6.73. The van der Waals surface area contributed by atoms with Gasteiger partial charge in [0.25, 0.3) is 0 Å². The molecule has 0 fully saturated rings. The first-order valence-corrected chi connectivity index (χ1v) is 13.5. The maximum absolute atomic E-state index is 13.5. The highest BCUT2D eigenvalue weighted by Gasteiger charge is 2.43. The van der Waals surface area contributed by atoms with E-state index in [9.17, 15) is 14.9 Å². The lowest BCUT2D eigenvalue weighted by molar-refractivity contribution is -0.119. The van der Waals surface area contributed by atoms with E-state index >= 15 is 0 Å². The molecule has 2 heterocycles. The summed E-state index contributed by atoms with van der Waals surface area (Å²) in [6.07, 6.45) is 0.865. The van der Waals surface area contributed by atoms with Gasteiger partial charge in [0.1, 0.15) is 23.0 Å². The lowest BCUT2D eigenvalue weighted by atomic mass is 9.69. The second-order valence-corrected chi connectivity index (χ2v) is 12.5. The molecule has 212 valence electrons. The number of ether oxygens (including phenoxy) is 3. The van der Waals surface area contributed by atoms with Crippen LogP contribution in [0.25, 0.3) is 22.1 Å². The largest absolute Gasteiger partial charge is 0.493 e. The lowest BCUT2D eigenvalue weighted by Gasteiger charge is -2.37. The summed E-state index contributed by atoms with van der Waals surface area (Å²) in [7, 11) is 3.08. The molecule has 2 N–H and O–H groups in total. The van der Waals surface area contributed by atoms with Crippen LogP contribution in [-0.2, 0) is 14.9 Å². The third-order valence-corrected chi connectivity index (χ3v) is 7.77. The quantitative estimate of drug-likeness (QED) is 0.377. The van der Waals surface area contributed by atoms with Crippen molar-refractivity contribution in [3.63, 3.8) is 0 Å². The minimum atomic E-state index is -0.700. The normalized spacial score (nSPS) is 18.6. The number of ketones is 1. The second-order valence-electron chi connectivity index (χ2n) is 12.5. The number of allylic oxidation sites excluding steroid dienone is 3. The molecule has 41 heavy (non-hydrogen) atoms. The molecule has 8 heteroatoms. The van der Waals surface area contributed by atoms with Crippen molar-refractivity contribution in [3.05, 3.63) is 80.7 Å². The molecule has 3 aromatic rings. The van der Waals surface area contributed by atoms with E-state index in [0.717, 1.165) is 5.56 Å². The van der Waals surface area contributed by atoms with Crippen molar-refractivity contribution in [2.75, 3.05) is 14.2 Å². The topological polar surface area (TPSA) is 125 Å². The summed E-state index contributed by atoms with van der Waals surface area (Å²) in [4.78, 5) is 26.9. The summed E-state index contributed by atoms with van der Waals surface area (Å²) in [5.41, 5.74) is 8.58. The standard InChI is InChI=1S/C33H34N2O6/c1-32(2,3)22-12-18(27-21(16-34)30(35)40-26-15-33(4,5)14-23(36)28(26)27)10-19-11-20(31(37)41-29(19)22)17-8-9-24(38-6)25(13-17)39-7/h8-13,27H,14-15,35H2,1-7H3. The van der Waals surface area contributed by atoms with Crippen molar-refractivity contribution in [2.45, 2.75) is 58.8 Å². The van der Waals surface area contributed by atoms with Gasteiger partial charge < -0.3 is 24.4 Å². The van der Waals surface area contributed by atoms with Crippen LogP contribution in [-0.4, -0.2) is 20.0 Å². The Hall–Kier alpha value is -4.51. The fourth-order valence-corrected chi connectivity index (χ4v) is 5.80. The molecule has 2 aromatic carbocycles. The number of carbonyl (C=O) groups is 1. The molecule has 1 unspecified atom stereocenters. The summed E-state index contributed by atoms with van der Waals surface area (Å²) >= 11 is 0. The van der Waals surface area contributed by atoms with Crippen molar-refractivity contribution in [2.24, 2.45) is 11.1 Å². The van der Waals surface area contributed by atoms with Gasteiger partial charge in [-0.15, -0.1) is 0 Å². The maximum Gasteiger partial charge on any atom is 0.344 e. The zero-order chi connectivity index (χ0) is 29.9. The zero-order valence-corrected chi connectivity index (χ0v) is 24.4. The van der Waals surface area contributed by atoms with Gasteiger partial charge in [0.05, 0.1) is 25.7 Å². The van der Waals surface area contributed by atoms with Crippen LogP contribution in [0.1, 0.15) is 64.5 Å². The number of hydrogen-bond donors (Lipinski definition) is 1. The highest BCUT2D eigenvalue weighted by atomic mass is 16.5. The number of nitrogens with two attached hydrogens (primary N) is 1. The first-order valence-electron chi connectivity index (χ1n) is 13.5. The van der Waals surface area contributed by atoms with Crippen LogP contribution in [0.5, 0.6) is 11.5 Å². The Bertz CT molecular complexity index is 1760. The highest BCUT2D eigenvalue weighted by Crippen LogP contribution is 2.49. The first-order chi connectivity index (χ1) is 19.3. The van der Waals surface area contributed by atoms with Crippen molar-refractivity contribution in [1.82, 2.24) is 0 Å². The van der Waals surface area contributed by atoms with E-state index < -0.39 is 17.0 Å². The SMILES string of the molecule is COc1ccc(-c2cc3cc(C4C(C#N)=C(N)OC5=C4C(=O)CC(C)(C)C5)cc(C(C)(C)C)c3oc2=O)cc1OC. The van der Waals surface area contributed by atoms with Crippen LogP contribution in [0.3, 0.4) is 0 Å². The molecule has 5 rings (SSSR count). The number of methoxy groups -OCH3 is 2. The van der Waals surface area contributed by atoms with E-state index in [1.807, 2.05) is 46.8 Å². The van der Waals surface area contributed by atoms with Crippen molar-refractivity contribution in [3.8, 4) is 28.7 Å². The molecule has 8 nitrogen and oxygen atoms in total. The van der Waals surface area contributed by atoms with Gasteiger partial charge in [-0.3, -0.25) is 4.79 Å². The van der Waals surface area contributed by atoms with Gasteiger partial charge in [-0.05, 0) is 46.2 Å². The Morgan fingerprint density at radius 3 is 2.37 bits per heavy atom. The summed E-state index contributed by atoms with van der Waals surface area (Å²) < 4.78 is 22.6. The number of nitrogens with zero attached hydrogens (tertiary/aromatic N) is 1. The van der Waals surface area contributed by atoms with Gasteiger partial charge in [0, 0.05) is 29.4 Å². The van der Waals surface area contributed by atoms with Crippen LogP contribution < -0.4 is 20.8 Å². The third kappa shape index (κ3) is 4.86. The van der Waals surface area contributed by atoms with Crippen LogP contribution in [0, 0.1) is 16.7 Å². The Morgan fingerprint density at radius 1 is 1.02 bits per heavy atom. The molecule has 0 amide bonds. The van der Waals surface area contributed by atoms with Gasteiger partial charge in [-0.1, -0.05) is 46.8 Å². The van der Waals surface area contributed by atoms with E-state index in [2.05, 4.69) is 6.07 Å². The Balaban J connectivity index is 1.79. The number of rotatable bonds is 4. The van der Waals surface area contributed by atoms with E-state index in [1.54, 1.807) is 31.4 Å². The van der Waals surface area contributed by atoms with Gasteiger partial charge in [0.15, 0.2) is 17.3 Å². The molecule has 0 saturated carbocycles. The average molecular weight is 555 g/mol. The van der Waals surface area contributed by atoms with Crippen LogP contribution in [0.15, 0.2) is 68.4 Å². The number of nitriles is 1. The smallest absolute Gasteiger partial charge is 0.344 e. The number of carbonyl (C=O) groups excluding carboxylic acids is 1. The second kappa shape index (κ2) is 9.84. The minimum Gasteiger partial charge on any atom is -0.493 e. The predicted octanol–water partition coefficient (Wildman–Crippen LogP) is 6.23. The number of fused-ring (bicyclic) bond motifs is 1. The fraction of sp³-hybridized carbons (Fsp3) is 0.364. The highest BCUT2D eigenvalue weighted by molar-refractivity contribution is 6.00. The van der Waals surface area contributed by atoms with Crippen LogP contribution >= 0.6 is 0 Å². The van der Waals surface area contributed by atoms with Crippen molar-refractivity contribution >= 4 is 16.8 Å². The van der Waals surface area contributed by atoms with Gasteiger partial charge >= 0.3 is 5.63 Å². The van der Waals surface area contributed by atoms with Gasteiger partial charge in [0.2, 0.25) is 5.88 Å².